The third kappa shape index (κ3) is 3.68. The van der Waals surface area contributed by atoms with Gasteiger partial charge in [0, 0.05) is 44.1 Å². The molecule has 2 heterocycles. The van der Waals surface area contributed by atoms with Crippen molar-refractivity contribution in [2.45, 2.75) is 19.9 Å². The van der Waals surface area contributed by atoms with Gasteiger partial charge in [-0.2, -0.15) is 5.10 Å². The summed E-state index contributed by atoms with van der Waals surface area (Å²) in [6.07, 6.45) is 3.88. The van der Waals surface area contributed by atoms with Crippen molar-refractivity contribution in [1.29, 1.82) is 0 Å². The Morgan fingerprint density at radius 2 is 1.89 bits per heavy atom. The number of rotatable bonds is 4. The van der Waals surface area contributed by atoms with Crippen LogP contribution in [0.3, 0.4) is 0 Å². The van der Waals surface area contributed by atoms with Gasteiger partial charge in [-0.25, -0.2) is 4.68 Å². The summed E-state index contributed by atoms with van der Waals surface area (Å²) in [5.74, 6) is 0. The van der Waals surface area contributed by atoms with E-state index in [1.807, 2.05) is 47.4 Å². The fraction of sp³-hybridized carbons (Fsp3) is 0.143. The summed E-state index contributed by atoms with van der Waals surface area (Å²) in [6, 6.07) is 16.6. The maximum atomic E-state index is 4.80. The average Bonchev–Trinajstić information content (AvgIpc) is 3.24. The van der Waals surface area contributed by atoms with Crippen molar-refractivity contribution in [3.63, 3.8) is 0 Å². The maximum Gasteiger partial charge on any atom is 0.206 e. The van der Waals surface area contributed by atoms with Gasteiger partial charge in [0.25, 0.3) is 0 Å². The molecular formula is C21H19BrN4S. The molecule has 4 rings (SSSR count). The molecular weight excluding hydrogens is 420 g/mol. The van der Waals surface area contributed by atoms with E-state index in [1.165, 1.54) is 0 Å². The van der Waals surface area contributed by atoms with Gasteiger partial charge in [0.2, 0.25) is 4.80 Å². The third-order valence-electron chi connectivity index (χ3n) is 4.14. The van der Waals surface area contributed by atoms with Gasteiger partial charge in [-0.05, 0) is 26.0 Å². The Hall–Kier alpha value is -2.44. The van der Waals surface area contributed by atoms with Gasteiger partial charge in [0.15, 0.2) is 0 Å². The van der Waals surface area contributed by atoms with Crippen molar-refractivity contribution in [1.82, 2.24) is 9.66 Å². The number of nitrogens with zero attached hydrogens (tertiary/aromatic N) is 3. The fourth-order valence-corrected chi connectivity index (χ4v) is 4.34. The van der Waals surface area contributed by atoms with Crippen molar-refractivity contribution >= 4 is 44.4 Å². The number of benzene rings is 2. The molecule has 0 amide bonds. The quantitative estimate of drug-likeness (QED) is 0.400. The molecule has 2 aromatic carbocycles. The number of hydrogen-bond acceptors (Lipinski definition) is 3. The zero-order chi connectivity index (χ0) is 18.8. The van der Waals surface area contributed by atoms with E-state index in [4.69, 9.17) is 10.1 Å². The molecule has 0 saturated carbocycles. The van der Waals surface area contributed by atoms with Crippen LogP contribution in [0.5, 0.6) is 0 Å². The Bertz CT molecular complexity index is 1180. The van der Waals surface area contributed by atoms with E-state index in [0.717, 1.165) is 37.0 Å². The highest BCUT2D eigenvalue weighted by atomic mass is 79.9. The number of halogens is 1. The molecule has 4 nitrogen and oxygen atoms in total. The summed E-state index contributed by atoms with van der Waals surface area (Å²) >= 11 is 5.26. The summed E-state index contributed by atoms with van der Waals surface area (Å²) in [5, 5.41) is 8.06. The van der Waals surface area contributed by atoms with Crippen LogP contribution in [0.15, 0.2) is 74.7 Å². The van der Waals surface area contributed by atoms with Crippen LogP contribution in [0.25, 0.3) is 22.2 Å². The number of aromatic amines is 1. The number of hydrogen-bond donors (Lipinski definition) is 1. The molecule has 0 saturated heterocycles. The highest BCUT2D eigenvalue weighted by Gasteiger charge is 2.11. The standard InChI is InChI=1S/C21H19BrN4S/c1-14(2)25-21-26(20(13-27-21)17-8-3-5-9-18(17)22)24-12-15-11-23-19-10-6-4-7-16(15)19/h3-14,23H,1-2H3. The molecule has 136 valence electrons. The van der Waals surface area contributed by atoms with Gasteiger partial charge in [0.1, 0.15) is 0 Å². The molecule has 0 fully saturated rings. The summed E-state index contributed by atoms with van der Waals surface area (Å²) in [4.78, 5) is 8.92. The predicted molar refractivity (Wildman–Crippen MR) is 117 cm³/mol. The van der Waals surface area contributed by atoms with E-state index in [2.05, 4.69) is 58.3 Å². The molecule has 0 atom stereocenters. The first-order chi connectivity index (χ1) is 13.1. The Morgan fingerprint density at radius 3 is 2.70 bits per heavy atom. The van der Waals surface area contributed by atoms with Crippen LogP contribution < -0.4 is 4.80 Å². The highest BCUT2D eigenvalue weighted by molar-refractivity contribution is 9.10. The van der Waals surface area contributed by atoms with Crippen molar-refractivity contribution in [2.75, 3.05) is 0 Å². The van der Waals surface area contributed by atoms with E-state index in [1.54, 1.807) is 11.3 Å². The lowest BCUT2D eigenvalue weighted by atomic mass is 10.2. The van der Waals surface area contributed by atoms with Gasteiger partial charge in [0.05, 0.1) is 11.9 Å². The van der Waals surface area contributed by atoms with Crippen molar-refractivity contribution in [3.8, 4) is 11.3 Å². The summed E-state index contributed by atoms with van der Waals surface area (Å²) in [5.41, 5.74) is 4.27. The number of para-hydroxylation sites is 1. The lowest BCUT2D eigenvalue weighted by Gasteiger charge is -2.06. The Balaban J connectivity index is 1.85. The first kappa shape index (κ1) is 17.9. The summed E-state index contributed by atoms with van der Waals surface area (Å²) in [7, 11) is 0. The number of nitrogens with one attached hydrogen (secondary N) is 1. The normalized spacial score (nSPS) is 12.7. The molecule has 0 spiro atoms. The van der Waals surface area contributed by atoms with Gasteiger partial charge in [-0.3, -0.25) is 4.99 Å². The number of aromatic nitrogens is 2. The molecule has 0 aliphatic carbocycles. The molecule has 2 aromatic heterocycles. The number of fused-ring (bicyclic) bond motifs is 1. The molecule has 0 bridgehead atoms. The topological polar surface area (TPSA) is 45.4 Å². The molecule has 27 heavy (non-hydrogen) atoms. The molecule has 6 heteroatoms. The second-order valence-electron chi connectivity index (χ2n) is 6.45. The lowest BCUT2D eigenvalue weighted by molar-refractivity contribution is 0.754. The van der Waals surface area contributed by atoms with E-state index in [0.29, 0.717) is 0 Å². The van der Waals surface area contributed by atoms with Gasteiger partial charge in [-0.1, -0.05) is 52.3 Å². The largest absolute Gasteiger partial charge is 0.361 e. The third-order valence-corrected chi connectivity index (χ3v) is 5.66. The van der Waals surface area contributed by atoms with Crippen LogP contribution in [0.2, 0.25) is 0 Å². The first-order valence-corrected chi connectivity index (χ1v) is 10.4. The van der Waals surface area contributed by atoms with Crippen LogP contribution in [0, 0.1) is 0 Å². The Labute approximate surface area is 170 Å². The van der Waals surface area contributed by atoms with Crippen LogP contribution in [-0.2, 0) is 0 Å². The monoisotopic (exact) mass is 438 g/mol. The molecule has 0 aliphatic heterocycles. The summed E-state index contributed by atoms with van der Waals surface area (Å²) < 4.78 is 2.96. The van der Waals surface area contributed by atoms with E-state index in [9.17, 15) is 0 Å². The van der Waals surface area contributed by atoms with Crippen molar-refractivity contribution < 1.29 is 0 Å². The van der Waals surface area contributed by atoms with Crippen LogP contribution >= 0.6 is 27.3 Å². The maximum absolute atomic E-state index is 4.80. The summed E-state index contributed by atoms with van der Waals surface area (Å²) in [6.45, 7) is 4.15. The minimum absolute atomic E-state index is 0.199. The molecule has 4 aromatic rings. The fourth-order valence-electron chi connectivity index (χ4n) is 2.90. The van der Waals surface area contributed by atoms with Gasteiger partial charge < -0.3 is 4.98 Å². The van der Waals surface area contributed by atoms with E-state index < -0.39 is 0 Å². The first-order valence-electron chi connectivity index (χ1n) is 8.73. The van der Waals surface area contributed by atoms with Crippen LogP contribution in [0.1, 0.15) is 19.4 Å². The van der Waals surface area contributed by atoms with Crippen molar-refractivity contribution in [3.05, 3.63) is 74.9 Å². The van der Waals surface area contributed by atoms with Gasteiger partial charge in [-0.15, -0.1) is 11.3 Å². The minimum Gasteiger partial charge on any atom is -0.361 e. The van der Waals surface area contributed by atoms with E-state index in [-0.39, 0.29) is 6.04 Å². The zero-order valence-electron chi connectivity index (χ0n) is 15.1. The van der Waals surface area contributed by atoms with Crippen LogP contribution in [0.4, 0.5) is 0 Å². The number of H-pyrrole nitrogens is 1. The molecule has 0 radical (unpaired) electrons. The smallest absolute Gasteiger partial charge is 0.206 e. The molecule has 0 aliphatic rings. The molecule has 0 unspecified atom stereocenters. The Kier molecular flexibility index (Phi) is 5.09. The average molecular weight is 439 g/mol. The van der Waals surface area contributed by atoms with Gasteiger partial charge >= 0.3 is 0 Å². The highest BCUT2D eigenvalue weighted by Crippen LogP contribution is 2.28. The minimum atomic E-state index is 0.199. The van der Waals surface area contributed by atoms with Crippen LogP contribution in [-0.4, -0.2) is 21.9 Å². The van der Waals surface area contributed by atoms with Crippen molar-refractivity contribution in [2.24, 2.45) is 10.1 Å². The molecule has 1 N–H and O–H groups in total. The Morgan fingerprint density at radius 1 is 1.11 bits per heavy atom. The van der Waals surface area contributed by atoms with E-state index >= 15 is 0 Å². The number of thiazole rings is 1. The zero-order valence-corrected chi connectivity index (χ0v) is 17.5. The lowest BCUT2D eigenvalue weighted by Crippen LogP contribution is -2.14. The second kappa shape index (κ2) is 7.66. The SMILES string of the molecule is CC(C)N=c1scc(-c2ccccc2Br)n1N=Cc1c[nH]c2ccccc12. The predicted octanol–water partition coefficient (Wildman–Crippen LogP) is 5.65. The second-order valence-corrected chi connectivity index (χ2v) is 8.14.